The Morgan fingerprint density at radius 3 is 2.61 bits per heavy atom. The zero-order valence-corrected chi connectivity index (χ0v) is 13.4. The molecule has 1 aromatic heterocycles. The van der Waals surface area contributed by atoms with Gasteiger partial charge in [0.2, 0.25) is 0 Å². The summed E-state index contributed by atoms with van der Waals surface area (Å²) >= 11 is 0. The van der Waals surface area contributed by atoms with Crippen LogP contribution < -0.4 is 14.8 Å². The number of hydrogen-bond acceptors (Lipinski definition) is 4. The molecule has 122 valence electrons. The SMILES string of the molecule is COc1ccc(C(=O)Nc2ccnn2C2CCCC2)cc1OC. The molecule has 6 heteroatoms. The van der Waals surface area contributed by atoms with Crippen molar-refractivity contribution < 1.29 is 14.3 Å². The molecule has 1 fully saturated rings. The quantitative estimate of drug-likeness (QED) is 0.919. The number of aromatic nitrogens is 2. The van der Waals surface area contributed by atoms with Gasteiger partial charge in [0.1, 0.15) is 5.82 Å². The van der Waals surface area contributed by atoms with Crippen LogP contribution in [0.1, 0.15) is 42.1 Å². The summed E-state index contributed by atoms with van der Waals surface area (Å²) in [6.45, 7) is 0. The predicted molar refractivity (Wildman–Crippen MR) is 87.2 cm³/mol. The van der Waals surface area contributed by atoms with E-state index in [4.69, 9.17) is 9.47 Å². The van der Waals surface area contributed by atoms with Crippen LogP contribution in [0.25, 0.3) is 0 Å². The highest BCUT2D eigenvalue weighted by Gasteiger charge is 2.21. The molecule has 0 spiro atoms. The molecule has 1 saturated carbocycles. The number of carbonyl (C=O) groups excluding carboxylic acids is 1. The van der Waals surface area contributed by atoms with Crippen molar-refractivity contribution in [1.82, 2.24) is 9.78 Å². The fourth-order valence-electron chi connectivity index (χ4n) is 3.02. The molecule has 3 rings (SSSR count). The third-order valence-corrected chi connectivity index (χ3v) is 4.23. The van der Waals surface area contributed by atoms with Gasteiger partial charge < -0.3 is 14.8 Å². The van der Waals surface area contributed by atoms with Gasteiger partial charge in [0.05, 0.1) is 26.5 Å². The van der Waals surface area contributed by atoms with Crippen LogP contribution in [0.15, 0.2) is 30.5 Å². The minimum absolute atomic E-state index is 0.189. The second kappa shape index (κ2) is 6.73. The number of nitrogens with one attached hydrogen (secondary N) is 1. The molecule has 0 unspecified atom stereocenters. The average Bonchev–Trinajstić information content (AvgIpc) is 3.25. The fraction of sp³-hybridized carbons (Fsp3) is 0.412. The second-order valence-corrected chi connectivity index (χ2v) is 5.62. The zero-order valence-electron chi connectivity index (χ0n) is 13.4. The second-order valence-electron chi connectivity index (χ2n) is 5.62. The molecular weight excluding hydrogens is 294 g/mol. The first kappa shape index (κ1) is 15.4. The van der Waals surface area contributed by atoms with Crippen LogP contribution in [0.5, 0.6) is 11.5 Å². The van der Waals surface area contributed by atoms with E-state index in [0.29, 0.717) is 23.1 Å². The maximum atomic E-state index is 12.5. The van der Waals surface area contributed by atoms with Crippen molar-refractivity contribution in [2.75, 3.05) is 19.5 Å². The van der Waals surface area contributed by atoms with Gasteiger partial charge in [-0.1, -0.05) is 12.8 Å². The minimum atomic E-state index is -0.189. The lowest BCUT2D eigenvalue weighted by Gasteiger charge is -2.15. The number of nitrogens with zero attached hydrogens (tertiary/aromatic N) is 2. The highest BCUT2D eigenvalue weighted by atomic mass is 16.5. The van der Waals surface area contributed by atoms with Crippen molar-refractivity contribution in [2.24, 2.45) is 0 Å². The molecule has 1 aromatic carbocycles. The number of methoxy groups -OCH3 is 2. The number of anilines is 1. The number of benzene rings is 1. The van der Waals surface area contributed by atoms with E-state index in [1.54, 1.807) is 38.6 Å². The molecule has 6 nitrogen and oxygen atoms in total. The number of rotatable bonds is 5. The van der Waals surface area contributed by atoms with E-state index in [9.17, 15) is 4.79 Å². The summed E-state index contributed by atoms with van der Waals surface area (Å²) < 4.78 is 12.4. The Kier molecular flexibility index (Phi) is 4.50. The smallest absolute Gasteiger partial charge is 0.256 e. The number of hydrogen-bond donors (Lipinski definition) is 1. The Labute approximate surface area is 135 Å². The van der Waals surface area contributed by atoms with Crippen LogP contribution in [0.3, 0.4) is 0 Å². The van der Waals surface area contributed by atoms with E-state index in [1.807, 2.05) is 10.7 Å². The molecular formula is C17H21N3O3. The molecule has 1 N–H and O–H groups in total. The van der Waals surface area contributed by atoms with Crippen LogP contribution in [0.2, 0.25) is 0 Å². The monoisotopic (exact) mass is 315 g/mol. The van der Waals surface area contributed by atoms with Crippen molar-refractivity contribution in [3.8, 4) is 11.5 Å². The van der Waals surface area contributed by atoms with Crippen LogP contribution in [0.4, 0.5) is 5.82 Å². The first-order valence-corrected chi connectivity index (χ1v) is 7.80. The van der Waals surface area contributed by atoms with Crippen LogP contribution >= 0.6 is 0 Å². The highest BCUT2D eigenvalue weighted by Crippen LogP contribution is 2.32. The van der Waals surface area contributed by atoms with Gasteiger partial charge >= 0.3 is 0 Å². The standard InChI is InChI=1S/C17H21N3O3/c1-22-14-8-7-12(11-15(14)23-2)17(21)19-16-9-10-18-20(16)13-5-3-4-6-13/h7-11,13H,3-6H2,1-2H3,(H,19,21). The number of ether oxygens (including phenoxy) is 2. The van der Waals surface area contributed by atoms with Crippen molar-refractivity contribution in [3.63, 3.8) is 0 Å². The molecule has 0 aliphatic heterocycles. The van der Waals surface area contributed by atoms with Gasteiger partial charge in [-0.25, -0.2) is 4.68 Å². The lowest BCUT2D eigenvalue weighted by Crippen LogP contribution is -2.17. The maximum absolute atomic E-state index is 12.5. The normalized spacial score (nSPS) is 14.7. The Morgan fingerprint density at radius 2 is 1.91 bits per heavy atom. The van der Waals surface area contributed by atoms with Gasteiger partial charge in [0.15, 0.2) is 11.5 Å². The van der Waals surface area contributed by atoms with Crippen molar-refractivity contribution in [3.05, 3.63) is 36.0 Å². The fourth-order valence-corrected chi connectivity index (χ4v) is 3.02. The largest absolute Gasteiger partial charge is 0.493 e. The third kappa shape index (κ3) is 3.16. The third-order valence-electron chi connectivity index (χ3n) is 4.23. The van der Waals surface area contributed by atoms with E-state index in [2.05, 4.69) is 10.4 Å². The Morgan fingerprint density at radius 1 is 1.17 bits per heavy atom. The van der Waals surface area contributed by atoms with Crippen molar-refractivity contribution in [1.29, 1.82) is 0 Å². The van der Waals surface area contributed by atoms with Crippen molar-refractivity contribution in [2.45, 2.75) is 31.7 Å². The van der Waals surface area contributed by atoms with E-state index < -0.39 is 0 Å². The Bertz CT molecular complexity index is 690. The van der Waals surface area contributed by atoms with Crippen LogP contribution in [-0.2, 0) is 0 Å². The van der Waals surface area contributed by atoms with Gasteiger partial charge in [-0.2, -0.15) is 5.10 Å². The zero-order chi connectivity index (χ0) is 16.2. The van der Waals surface area contributed by atoms with Crippen molar-refractivity contribution >= 4 is 11.7 Å². The van der Waals surface area contributed by atoms with Crippen LogP contribution in [0, 0.1) is 0 Å². The molecule has 23 heavy (non-hydrogen) atoms. The summed E-state index contributed by atoms with van der Waals surface area (Å²) in [5, 5.41) is 7.30. The summed E-state index contributed by atoms with van der Waals surface area (Å²) in [5.41, 5.74) is 0.516. The topological polar surface area (TPSA) is 65.4 Å². The Hall–Kier alpha value is -2.50. The van der Waals surface area contributed by atoms with Gasteiger partial charge in [-0.3, -0.25) is 4.79 Å². The summed E-state index contributed by atoms with van der Waals surface area (Å²) in [5.74, 6) is 1.67. The molecule has 1 aliphatic carbocycles. The van der Waals surface area contributed by atoms with Gasteiger partial charge in [-0.15, -0.1) is 0 Å². The summed E-state index contributed by atoms with van der Waals surface area (Å²) in [6.07, 6.45) is 6.38. The molecule has 0 bridgehead atoms. The molecule has 1 heterocycles. The molecule has 1 aliphatic rings. The highest BCUT2D eigenvalue weighted by molar-refractivity contribution is 6.04. The van der Waals surface area contributed by atoms with Gasteiger partial charge in [-0.05, 0) is 31.0 Å². The van der Waals surface area contributed by atoms with E-state index in [1.165, 1.54) is 12.8 Å². The van der Waals surface area contributed by atoms with E-state index in [0.717, 1.165) is 18.7 Å². The van der Waals surface area contributed by atoms with E-state index >= 15 is 0 Å². The summed E-state index contributed by atoms with van der Waals surface area (Å²) in [4.78, 5) is 12.5. The first-order chi connectivity index (χ1) is 11.2. The lowest BCUT2D eigenvalue weighted by molar-refractivity contribution is 0.102. The first-order valence-electron chi connectivity index (χ1n) is 7.80. The predicted octanol–water partition coefficient (Wildman–Crippen LogP) is 3.27. The summed E-state index contributed by atoms with van der Waals surface area (Å²) in [6, 6.07) is 7.32. The minimum Gasteiger partial charge on any atom is -0.493 e. The molecule has 2 aromatic rings. The maximum Gasteiger partial charge on any atom is 0.256 e. The average molecular weight is 315 g/mol. The van der Waals surface area contributed by atoms with Gasteiger partial charge in [0, 0.05) is 11.6 Å². The lowest BCUT2D eigenvalue weighted by atomic mass is 10.2. The van der Waals surface area contributed by atoms with Crippen LogP contribution in [-0.4, -0.2) is 29.9 Å². The molecule has 0 atom stereocenters. The number of carbonyl (C=O) groups is 1. The number of amides is 1. The summed E-state index contributed by atoms with van der Waals surface area (Å²) in [7, 11) is 3.12. The molecule has 0 saturated heterocycles. The van der Waals surface area contributed by atoms with E-state index in [-0.39, 0.29) is 5.91 Å². The Balaban J connectivity index is 1.78. The van der Waals surface area contributed by atoms with Gasteiger partial charge in [0.25, 0.3) is 5.91 Å². The molecule has 0 radical (unpaired) electrons. The molecule has 1 amide bonds.